The van der Waals surface area contributed by atoms with Crippen LogP contribution in [0.2, 0.25) is 0 Å². The molecule has 0 saturated carbocycles. The minimum absolute atomic E-state index is 0.00578. The molecule has 0 amide bonds. The van der Waals surface area contributed by atoms with Crippen molar-refractivity contribution in [3.63, 3.8) is 0 Å². The Bertz CT molecular complexity index is 1280. The molecule has 3 aromatic carbocycles. The van der Waals surface area contributed by atoms with Crippen LogP contribution in [0.1, 0.15) is 43.0 Å². The minimum Gasteiger partial charge on any atom is -0.497 e. The van der Waals surface area contributed by atoms with Crippen LogP contribution in [0.25, 0.3) is 11.1 Å². The Morgan fingerprint density at radius 2 is 1.55 bits per heavy atom. The predicted molar refractivity (Wildman–Crippen MR) is 136 cm³/mol. The van der Waals surface area contributed by atoms with Crippen molar-refractivity contribution in [2.75, 3.05) is 7.11 Å². The molecular formula is C30H31NO2. The zero-order valence-corrected chi connectivity index (χ0v) is 19.8. The van der Waals surface area contributed by atoms with Gasteiger partial charge in [0.2, 0.25) is 0 Å². The van der Waals surface area contributed by atoms with Gasteiger partial charge in [0.1, 0.15) is 5.75 Å². The lowest BCUT2D eigenvalue weighted by Gasteiger charge is -2.20. The Morgan fingerprint density at radius 1 is 0.818 bits per heavy atom. The van der Waals surface area contributed by atoms with Crippen LogP contribution in [-0.2, 0) is 18.4 Å². The molecule has 0 aliphatic carbocycles. The number of hydrogen-bond acceptors (Lipinski definition) is 2. The number of ether oxygens (including phenoxy) is 1. The standard InChI is InChI=1S/C30H31NO2/c1-30(2,3)26-13-11-24(12-14-26)28-16-15-27(33-4)19-25(28)18-23-10-17-29(32)31(21-23)20-22-8-6-5-7-9-22/h5-17,19,21H,18,20H2,1-4H3. The molecule has 3 heteroatoms. The van der Waals surface area contributed by atoms with Crippen molar-refractivity contribution in [1.29, 1.82) is 0 Å². The number of methoxy groups -OCH3 is 1. The first kappa shape index (κ1) is 22.6. The fourth-order valence-corrected chi connectivity index (χ4v) is 4.08. The number of nitrogens with zero attached hydrogens (tertiary/aromatic N) is 1. The Balaban J connectivity index is 1.68. The molecule has 0 bridgehead atoms. The molecule has 0 aliphatic heterocycles. The molecule has 0 radical (unpaired) electrons. The number of aromatic nitrogens is 1. The summed E-state index contributed by atoms with van der Waals surface area (Å²) in [4.78, 5) is 12.5. The Hall–Kier alpha value is -3.59. The second-order valence-electron chi connectivity index (χ2n) is 9.52. The lowest BCUT2D eigenvalue weighted by atomic mass is 9.85. The molecule has 0 atom stereocenters. The van der Waals surface area contributed by atoms with Gasteiger partial charge < -0.3 is 9.30 Å². The van der Waals surface area contributed by atoms with Crippen LogP contribution < -0.4 is 10.3 Å². The van der Waals surface area contributed by atoms with Gasteiger partial charge in [-0.25, -0.2) is 0 Å². The molecule has 33 heavy (non-hydrogen) atoms. The molecule has 0 fully saturated rings. The van der Waals surface area contributed by atoms with Crippen molar-refractivity contribution >= 4 is 0 Å². The Morgan fingerprint density at radius 3 is 2.21 bits per heavy atom. The number of rotatable bonds is 6. The van der Waals surface area contributed by atoms with Crippen molar-refractivity contribution in [2.24, 2.45) is 0 Å². The lowest BCUT2D eigenvalue weighted by molar-refractivity contribution is 0.414. The van der Waals surface area contributed by atoms with Gasteiger partial charge in [-0.3, -0.25) is 4.79 Å². The third-order valence-corrected chi connectivity index (χ3v) is 6.01. The third-order valence-electron chi connectivity index (χ3n) is 6.01. The van der Waals surface area contributed by atoms with Gasteiger partial charge in [0.25, 0.3) is 5.56 Å². The van der Waals surface area contributed by atoms with E-state index in [1.165, 1.54) is 22.3 Å². The summed E-state index contributed by atoms with van der Waals surface area (Å²) in [5.41, 5.74) is 7.16. The highest BCUT2D eigenvalue weighted by Gasteiger charge is 2.14. The fraction of sp³-hybridized carbons (Fsp3) is 0.233. The smallest absolute Gasteiger partial charge is 0.250 e. The summed E-state index contributed by atoms with van der Waals surface area (Å²) >= 11 is 0. The highest BCUT2D eigenvalue weighted by atomic mass is 16.5. The summed E-state index contributed by atoms with van der Waals surface area (Å²) < 4.78 is 7.29. The van der Waals surface area contributed by atoms with Crippen LogP contribution >= 0.6 is 0 Å². The van der Waals surface area contributed by atoms with Gasteiger partial charge in [0.15, 0.2) is 0 Å². The highest BCUT2D eigenvalue weighted by Crippen LogP contribution is 2.31. The van der Waals surface area contributed by atoms with Crippen molar-refractivity contribution in [1.82, 2.24) is 4.57 Å². The lowest BCUT2D eigenvalue weighted by Crippen LogP contribution is -2.19. The largest absolute Gasteiger partial charge is 0.497 e. The summed E-state index contributed by atoms with van der Waals surface area (Å²) in [7, 11) is 1.69. The number of benzene rings is 3. The van der Waals surface area contributed by atoms with Crippen molar-refractivity contribution in [2.45, 2.75) is 39.2 Å². The SMILES string of the molecule is COc1ccc(-c2ccc(C(C)(C)C)cc2)c(Cc2ccc(=O)n(Cc3ccccc3)c2)c1. The average molecular weight is 438 g/mol. The normalized spacial score (nSPS) is 11.4. The summed E-state index contributed by atoms with van der Waals surface area (Å²) in [6.45, 7) is 7.24. The molecule has 1 heterocycles. The van der Waals surface area contributed by atoms with E-state index in [1.807, 2.05) is 48.7 Å². The summed E-state index contributed by atoms with van der Waals surface area (Å²) in [6, 6.07) is 28.7. The topological polar surface area (TPSA) is 31.2 Å². The molecule has 0 unspecified atom stereocenters. The molecule has 168 valence electrons. The molecule has 4 rings (SSSR count). The molecule has 0 spiro atoms. The molecule has 4 aromatic rings. The predicted octanol–water partition coefficient (Wildman–Crippen LogP) is 6.46. The zero-order chi connectivity index (χ0) is 23.4. The van der Waals surface area contributed by atoms with Crippen LogP contribution in [-0.4, -0.2) is 11.7 Å². The quantitative estimate of drug-likeness (QED) is 0.347. The van der Waals surface area contributed by atoms with E-state index in [1.54, 1.807) is 17.7 Å². The van der Waals surface area contributed by atoms with Gasteiger partial charge in [0, 0.05) is 12.3 Å². The number of pyridine rings is 1. The first-order valence-corrected chi connectivity index (χ1v) is 11.3. The maximum Gasteiger partial charge on any atom is 0.250 e. The van der Waals surface area contributed by atoms with Crippen LogP contribution in [0.15, 0.2) is 95.9 Å². The summed E-state index contributed by atoms with van der Waals surface area (Å²) in [6.07, 6.45) is 2.68. The summed E-state index contributed by atoms with van der Waals surface area (Å²) in [5.74, 6) is 0.831. The van der Waals surface area contributed by atoms with Crippen LogP contribution in [0.3, 0.4) is 0 Å². The second-order valence-corrected chi connectivity index (χ2v) is 9.52. The van der Waals surface area contributed by atoms with E-state index in [0.29, 0.717) is 13.0 Å². The van der Waals surface area contributed by atoms with Crippen molar-refractivity contribution in [3.05, 3.63) is 124 Å². The van der Waals surface area contributed by atoms with E-state index < -0.39 is 0 Å². The second kappa shape index (κ2) is 9.50. The van der Waals surface area contributed by atoms with Crippen LogP contribution in [0, 0.1) is 0 Å². The van der Waals surface area contributed by atoms with E-state index >= 15 is 0 Å². The van der Waals surface area contributed by atoms with E-state index in [2.05, 4.69) is 57.2 Å². The molecular weight excluding hydrogens is 406 g/mol. The van der Waals surface area contributed by atoms with Gasteiger partial charge >= 0.3 is 0 Å². The molecule has 0 aliphatic rings. The minimum atomic E-state index is 0.00578. The van der Waals surface area contributed by atoms with E-state index in [0.717, 1.165) is 16.9 Å². The monoisotopic (exact) mass is 437 g/mol. The highest BCUT2D eigenvalue weighted by molar-refractivity contribution is 5.69. The molecule has 1 aromatic heterocycles. The first-order valence-electron chi connectivity index (χ1n) is 11.3. The van der Waals surface area contributed by atoms with Crippen molar-refractivity contribution in [3.8, 4) is 16.9 Å². The third kappa shape index (κ3) is 5.43. The van der Waals surface area contributed by atoms with E-state index in [-0.39, 0.29) is 11.0 Å². The fourth-order valence-electron chi connectivity index (χ4n) is 4.08. The number of hydrogen-bond donors (Lipinski definition) is 0. The van der Waals surface area contributed by atoms with Crippen LogP contribution in [0.5, 0.6) is 5.75 Å². The zero-order valence-electron chi connectivity index (χ0n) is 19.8. The Kier molecular flexibility index (Phi) is 6.50. The van der Waals surface area contributed by atoms with Gasteiger partial charge in [-0.15, -0.1) is 0 Å². The molecule has 0 N–H and O–H groups in total. The van der Waals surface area contributed by atoms with Crippen molar-refractivity contribution < 1.29 is 4.74 Å². The van der Waals surface area contributed by atoms with Gasteiger partial charge in [-0.2, -0.15) is 0 Å². The molecule has 0 saturated heterocycles. The molecule has 3 nitrogen and oxygen atoms in total. The van der Waals surface area contributed by atoms with Gasteiger partial charge in [0.05, 0.1) is 13.7 Å². The Labute approximate surface area is 196 Å². The van der Waals surface area contributed by atoms with Gasteiger partial charge in [-0.1, -0.05) is 87.5 Å². The van der Waals surface area contributed by atoms with Crippen LogP contribution in [0.4, 0.5) is 0 Å². The van der Waals surface area contributed by atoms with E-state index in [9.17, 15) is 4.79 Å². The first-order chi connectivity index (χ1) is 15.8. The van der Waals surface area contributed by atoms with E-state index in [4.69, 9.17) is 4.74 Å². The maximum absolute atomic E-state index is 12.5. The summed E-state index contributed by atoms with van der Waals surface area (Å²) in [5, 5.41) is 0. The average Bonchev–Trinajstić information content (AvgIpc) is 2.81. The van der Waals surface area contributed by atoms with Gasteiger partial charge in [-0.05, 0) is 57.3 Å². The maximum atomic E-state index is 12.5.